The molecule has 110 valence electrons. The third-order valence-corrected chi connectivity index (χ3v) is 3.53. The van der Waals surface area contributed by atoms with E-state index in [2.05, 4.69) is 15.5 Å². The average Bonchev–Trinajstić information content (AvgIpc) is 2.74. The van der Waals surface area contributed by atoms with Crippen molar-refractivity contribution < 1.29 is 9.18 Å². The van der Waals surface area contributed by atoms with E-state index in [1.165, 1.54) is 29.1 Å². The number of hydrazone groups is 1. The fourth-order valence-corrected chi connectivity index (χ4v) is 1.96. The molecular weight excluding hydrogens is 342 g/mol. The summed E-state index contributed by atoms with van der Waals surface area (Å²) in [6.45, 7) is -0.124. The van der Waals surface area contributed by atoms with Crippen molar-refractivity contribution in [2.24, 2.45) is 5.10 Å². The van der Waals surface area contributed by atoms with Gasteiger partial charge in [-0.2, -0.15) is 5.10 Å². The Balaban J connectivity index is 1.98. The molecule has 0 saturated heterocycles. The molecule has 0 bridgehead atoms. The lowest BCUT2D eigenvalue weighted by molar-refractivity contribution is -0.121. The van der Waals surface area contributed by atoms with E-state index < -0.39 is 11.7 Å². The lowest BCUT2D eigenvalue weighted by Gasteiger charge is -2.03. The van der Waals surface area contributed by atoms with Crippen molar-refractivity contribution in [3.05, 3.63) is 51.2 Å². The van der Waals surface area contributed by atoms with Crippen molar-refractivity contribution >= 4 is 46.9 Å². The zero-order valence-electron chi connectivity index (χ0n) is 10.4. The van der Waals surface area contributed by atoms with Crippen LogP contribution in [0.2, 0.25) is 15.3 Å². The molecule has 0 atom stereocenters. The zero-order valence-corrected chi connectivity index (χ0v) is 12.6. The van der Waals surface area contributed by atoms with Crippen molar-refractivity contribution in [1.29, 1.82) is 0 Å². The number of halogens is 4. The van der Waals surface area contributed by atoms with Gasteiger partial charge in [0, 0.05) is 5.56 Å². The second kappa shape index (κ2) is 6.89. The fourth-order valence-electron chi connectivity index (χ4n) is 1.45. The second-order valence-corrected chi connectivity index (χ2v) is 5.01. The molecular formula is C12H8Cl3FN4O. The number of benzene rings is 1. The summed E-state index contributed by atoms with van der Waals surface area (Å²) in [5.74, 6) is -1.01. The number of hydrogen-bond acceptors (Lipinski definition) is 3. The summed E-state index contributed by atoms with van der Waals surface area (Å²) < 4.78 is 14.8. The number of carbonyl (C=O) groups is 1. The van der Waals surface area contributed by atoms with Gasteiger partial charge >= 0.3 is 0 Å². The first-order chi connectivity index (χ1) is 9.99. The molecule has 2 aromatic rings. The van der Waals surface area contributed by atoms with Crippen LogP contribution in [0.25, 0.3) is 0 Å². The highest BCUT2D eigenvalue weighted by Gasteiger charge is 2.09. The van der Waals surface area contributed by atoms with Gasteiger partial charge in [-0.1, -0.05) is 40.9 Å². The highest BCUT2D eigenvalue weighted by molar-refractivity contribution is 6.40. The largest absolute Gasteiger partial charge is 0.311 e. The quantitative estimate of drug-likeness (QED) is 0.681. The molecule has 21 heavy (non-hydrogen) atoms. The molecule has 9 heteroatoms. The molecule has 1 N–H and O–H groups in total. The monoisotopic (exact) mass is 348 g/mol. The summed E-state index contributed by atoms with van der Waals surface area (Å²) in [4.78, 5) is 15.4. The Morgan fingerprint density at radius 2 is 2.19 bits per heavy atom. The average molecular weight is 350 g/mol. The molecule has 0 saturated carbocycles. The number of carbonyl (C=O) groups excluding carboxylic acids is 1. The van der Waals surface area contributed by atoms with Gasteiger partial charge in [0.1, 0.15) is 17.5 Å². The lowest BCUT2D eigenvalue weighted by Crippen LogP contribution is -2.23. The van der Waals surface area contributed by atoms with E-state index in [0.717, 1.165) is 6.21 Å². The van der Waals surface area contributed by atoms with Gasteiger partial charge in [-0.05, 0) is 12.1 Å². The minimum absolute atomic E-state index is 0.0863. The van der Waals surface area contributed by atoms with E-state index in [1.54, 1.807) is 0 Å². The molecule has 0 unspecified atom stereocenters. The Morgan fingerprint density at radius 1 is 1.43 bits per heavy atom. The minimum Gasteiger partial charge on any atom is -0.311 e. The predicted molar refractivity (Wildman–Crippen MR) is 79.4 cm³/mol. The molecule has 1 aromatic carbocycles. The molecule has 0 aliphatic rings. The highest BCUT2D eigenvalue weighted by atomic mass is 35.5. The molecule has 0 radical (unpaired) electrons. The molecule has 0 fully saturated rings. The van der Waals surface area contributed by atoms with Crippen LogP contribution in [-0.4, -0.2) is 21.7 Å². The molecule has 0 spiro atoms. The van der Waals surface area contributed by atoms with Crippen LogP contribution in [0.3, 0.4) is 0 Å². The van der Waals surface area contributed by atoms with Crippen LogP contribution in [0.5, 0.6) is 0 Å². The minimum atomic E-state index is -0.537. The maximum Gasteiger partial charge on any atom is 0.260 e. The van der Waals surface area contributed by atoms with E-state index >= 15 is 0 Å². The third kappa shape index (κ3) is 3.93. The van der Waals surface area contributed by atoms with Gasteiger partial charge in [-0.15, -0.1) is 0 Å². The Kier molecular flexibility index (Phi) is 5.17. The smallest absolute Gasteiger partial charge is 0.260 e. The number of nitrogens with one attached hydrogen (secondary N) is 1. The number of nitrogens with zero attached hydrogens (tertiary/aromatic N) is 3. The van der Waals surface area contributed by atoms with Crippen LogP contribution in [0.4, 0.5) is 4.39 Å². The van der Waals surface area contributed by atoms with Crippen molar-refractivity contribution in [2.75, 3.05) is 0 Å². The van der Waals surface area contributed by atoms with Crippen LogP contribution in [0, 0.1) is 5.82 Å². The van der Waals surface area contributed by atoms with Crippen LogP contribution in [0.15, 0.2) is 29.6 Å². The number of imidazole rings is 1. The molecule has 0 aliphatic heterocycles. The molecule has 0 aliphatic carbocycles. The number of hydrogen-bond donors (Lipinski definition) is 1. The van der Waals surface area contributed by atoms with Crippen LogP contribution in [-0.2, 0) is 11.3 Å². The first-order valence-electron chi connectivity index (χ1n) is 5.61. The SMILES string of the molecule is O=C(Cn1cnc(Cl)c1Cl)N/N=C\c1c(F)cccc1Cl. The summed E-state index contributed by atoms with van der Waals surface area (Å²) in [6, 6.07) is 4.22. The summed E-state index contributed by atoms with van der Waals surface area (Å²) in [5, 5.41) is 4.08. The van der Waals surface area contributed by atoms with E-state index in [4.69, 9.17) is 34.8 Å². The summed E-state index contributed by atoms with van der Waals surface area (Å²) in [5.41, 5.74) is 2.31. The Hall–Kier alpha value is -1.63. The first-order valence-corrected chi connectivity index (χ1v) is 6.74. The van der Waals surface area contributed by atoms with Crippen molar-refractivity contribution in [3.8, 4) is 0 Å². The van der Waals surface area contributed by atoms with Crippen molar-refractivity contribution in [2.45, 2.75) is 6.54 Å². The van der Waals surface area contributed by atoms with E-state index in [1.807, 2.05) is 0 Å². The highest BCUT2D eigenvalue weighted by Crippen LogP contribution is 2.19. The standard InChI is InChI=1S/C12H8Cl3FN4O/c13-8-2-1-3-9(16)7(8)4-18-19-10(21)5-20-6-17-11(14)12(20)15/h1-4,6H,5H2,(H,19,21)/b18-4-. The molecule has 2 rings (SSSR count). The third-order valence-electron chi connectivity index (χ3n) is 2.43. The maximum atomic E-state index is 13.4. The van der Waals surface area contributed by atoms with Crippen LogP contribution < -0.4 is 5.43 Å². The van der Waals surface area contributed by atoms with E-state index in [0.29, 0.717) is 0 Å². The van der Waals surface area contributed by atoms with Crippen molar-refractivity contribution in [3.63, 3.8) is 0 Å². The van der Waals surface area contributed by atoms with Gasteiger partial charge < -0.3 is 4.57 Å². The fraction of sp³-hybridized carbons (Fsp3) is 0.0833. The Labute approximate surface area is 134 Å². The predicted octanol–water partition coefficient (Wildman–Crippen LogP) is 3.13. The van der Waals surface area contributed by atoms with E-state index in [-0.39, 0.29) is 27.4 Å². The second-order valence-electron chi connectivity index (χ2n) is 3.88. The van der Waals surface area contributed by atoms with Gasteiger partial charge in [0.2, 0.25) is 0 Å². The first kappa shape index (κ1) is 15.8. The van der Waals surface area contributed by atoms with E-state index in [9.17, 15) is 9.18 Å². The lowest BCUT2D eigenvalue weighted by atomic mass is 10.2. The summed E-state index contributed by atoms with van der Waals surface area (Å²) in [7, 11) is 0. The molecule has 5 nitrogen and oxygen atoms in total. The number of rotatable bonds is 4. The maximum absolute atomic E-state index is 13.4. The van der Waals surface area contributed by atoms with Gasteiger partial charge in [0.15, 0.2) is 5.15 Å². The van der Waals surface area contributed by atoms with Crippen LogP contribution in [0.1, 0.15) is 5.56 Å². The van der Waals surface area contributed by atoms with Gasteiger partial charge in [-0.25, -0.2) is 14.8 Å². The van der Waals surface area contributed by atoms with Crippen molar-refractivity contribution in [1.82, 2.24) is 15.0 Å². The van der Waals surface area contributed by atoms with Crippen LogP contribution >= 0.6 is 34.8 Å². The number of aromatic nitrogens is 2. The topological polar surface area (TPSA) is 59.3 Å². The summed E-state index contributed by atoms with van der Waals surface area (Å²) >= 11 is 17.3. The normalized spacial score (nSPS) is 11.0. The molecule has 1 heterocycles. The Bertz CT molecular complexity index is 682. The summed E-state index contributed by atoms with van der Waals surface area (Å²) in [6.07, 6.45) is 2.44. The number of amides is 1. The molecule has 1 aromatic heterocycles. The Morgan fingerprint density at radius 3 is 2.81 bits per heavy atom. The van der Waals surface area contributed by atoms with Gasteiger partial charge in [-0.3, -0.25) is 4.79 Å². The van der Waals surface area contributed by atoms with Gasteiger partial charge in [0.25, 0.3) is 5.91 Å². The molecule has 1 amide bonds. The zero-order chi connectivity index (χ0) is 15.4. The van der Waals surface area contributed by atoms with Gasteiger partial charge in [0.05, 0.1) is 17.6 Å².